The number of nitrogens with zero attached hydrogens (tertiary/aromatic N) is 5. The first-order valence-corrected chi connectivity index (χ1v) is 11.0. The van der Waals surface area contributed by atoms with Crippen molar-refractivity contribution in [3.05, 3.63) is 40.3 Å². The smallest absolute Gasteiger partial charge is 0.408 e. The van der Waals surface area contributed by atoms with Crippen molar-refractivity contribution < 1.29 is 22.6 Å². The molecule has 2 aliphatic heterocycles. The second kappa shape index (κ2) is 9.20. The maximum absolute atomic E-state index is 14.0. The standard InChI is InChI=1S/C22H28F3N5O3/c1-14(2)33-19-5-4-16(11-26-19)12-30-17(22(23,24)25)6-7-29-20(31)10-18(27-21(29)30)28-8-9-32-13-15(28)3/h4-5,10-11,14-15,17H,6-9,12-13H2,1-3H3/t15-,17+/m1/s1. The number of ether oxygens (including phenoxy) is 2. The summed E-state index contributed by atoms with van der Waals surface area (Å²) in [5.74, 6) is 0.791. The molecule has 2 aromatic heterocycles. The van der Waals surface area contributed by atoms with Crippen molar-refractivity contribution in [2.45, 2.75) is 64.6 Å². The fourth-order valence-electron chi connectivity index (χ4n) is 4.21. The van der Waals surface area contributed by atoms with E-state index < -0.39 is 12.2 Å². The van der Waals surface area contributed by atoms with Crippen molar-refractivity contribution in [3.8, 4) is 5.88 Å². The van der Waals surface area contributed by atoms with Gasteiger partial charge in [0.05, 0.1) is 25.4 Å². The summed E-state index contributed by atoms with van der Waals surface area (Å²) in [6, 6.07) is 2.92. The Morgan fingerprint density at radius 2 is 2.06 bits per heavy atom. The first-order chi connectivity index (χ1) is 15.6. The predicted octanol–water partition coefficient (Wildman–Crippen LogP) is 2.99. The van der Waals surface area contributed by atoms with Crippen LogP contribution in [0, 0.1) is 0 Å². The Balaban J connectivity index is 1.71. The van der Waals surface area contributed by atoms with Crippen LogP contribution in [0.1, 0.15) is 32.8 Å². The van der Waals surface area contributed by atoms with E-state index in [0.717, 1.165) is 0 Å². The Labute approximate surface area is 189 Å². The van der Waals surface area contributed by atoms with Crippen LogP contribution < -0.4 is 20.1 Å². The second-order valence-electron chi connectivity index (χ2n) is 8.67. The van der Waals surface area contributed by atoms with E-state index in [1.165, 1.54) is 21.7 Å². The van der Waals surface area contributed by atoms with Gasteiger partial charge >= 0.3 is 6.18 Å². The van der Waals surface area contributed by atoms with Crippen molar-refractivity contribution in [2.75, 3.05) is 29.6 Å². The topological polar surface area (TPSA) is 72.7 Å². The van der Waals surface area contributed by atoms with E-state index in [1.807, 2.05) is 25.7 Å². The highest BCUT2D eigenvalue weighted by Crippen LogP contribution is 2.35. The molecular weight excluding hydrogens is 439 g/mol. The lowest BCUT2D eigenvalue weighted by molar-refractivity contribution is -0.153. The van der Waals surface area contributed by atoms with Gasteiger partial charge in [-0.05, 0) is 32.8 Å². The molecule has 180 valence electrons. The van der Waals surface area contributed by atoms with Gasteiger partial charge < -0.3 is 19.3 Å². The number of pyridine rings is 1. The van der Waals surface area contributed by atoms with Crippen LogP contribution in [-0.4, -0.2) is 58.7 Å². The zero-order chi connectivity index (χ0) is 23.8. The molecule has 8 nitrogen and oxygen atoms in total. The fraction of sp³-hybridized carbons (Fsp3) is 0.591. The van der Waals surface area contributed by atoms with Crippen molar-refractivity contribution in [3.63, 3.8) is 0 Å². The molecule has 0 N–H and O–H groups in total. The average Bonchev–Trinajstić information content (AvgIpc) is 2.74. The van der Waals surface area contributed by atoms with Gasteiger partial charge in [0.1, 0.15) is 11.9 Å². The summed E-state index contributed by atoms with van der Waals surface area (Å²) in [5.41, 5.74) is 0.200. The zero-order valence-electron chi connectivity index (χ0n) is 18.9. The quantitative estimate of drug-likeness (QED) is 0.670. The first-order valence-electron chi connectivity index (χ1n) is 11.0. The summed E-state index contributed by atoms with van der Waals surface area (Å²) in [6.07, 6.45) is -3.27. The average molecular weight is 467 g/mol. The SMILES string of the molecule is CC(C)Oc1ccc(CN2c3nc(N4CCOC[C@H]4C)cc(=O)n3CC[C@H]2C(F)(F)F)cn1. The first kappa shape index (κ1) is 23.3. The highest BCUT2D eigenvalue weighted by atomic mass is 19.4. The number of hydrogen-bond donors (Lipinski definition) is 0. The van der Waals surface area contributed by atoms with Crippen LogP contribution in [0.4, 0.5) is 24.9 Å². The van der Waals surface area contributed by atoms with Gasteiger partial charge in [-0.3, -0.25) is 9.36 Å². The Hall–Kier alpha value is -2.82. The van der Waals surface area contributed by atoms with E-state index >= 15 is 0 Å². The van der Waals surface area contributed by atoms with Crippen LogP contribution in [0.5, 0.6) is 5.88 Å². The lowest BCUT2D eigenvalue weighted by atomic mass is 10.1. The molecule has 0 saturated carbocycles. The number of fused-ring (bicyclic) bond motifs is 1. The molecule has 1 fully saturated rings. The second-order valence-corrected chi connectivity index (χ2v) is 8.67. The highest BCUT2D eigenvalue weighted by molar-refractivity contribution is 5.48. The van der Waals surface area contributed by atoms with Crippen molar-refractivity contribution in [2.24, 2.45) is 0 Å². The van der Waals surface area contributed by atoms with E-state index in [-0.39, 0.29) is 43.2 Å². The lowest BCUT2D eigenvalue weighted by Crippen LogP contribution is -2.52. The minimum atomic E-state index is -4.47. The van der Waals surface area contributed by atoms with E-state index in [0.29, 0.717) is 37.0 Å². The van der Waals surface area contributed by atoms with Crippen LogP contribution in [0.3, 0.4) is 0 Å². The third-order valence-electron chi connectivity index (χ3n) is 5.78. The maximum atomic E-state index is 14.0. The van der Waals surface area contributed by atoms with Gasteiger partial charge in [-0.1, -0.05) is 6.07 Å². The van der Waals surface area contributed by atoms with E-state index in [2.05, 4.69) is 9.97 Å². The van der Waals surface area contributed by atoms with Gasteiger partial charge in [-0.15, -0.1) is 0 Å². The van der Waals surface area contributed by atoms with E-state index in [4.69, 9.17) is 9.47 Å². The molecule has 0 bridgehead atoms. The minimum Gasteiger partial charge on any atom is -0.475 e. The molecule has 0 aromatic carbocycles. The number of rotatable bonds is 5. The van der Waals surface area contributed by atoms with Gasteiger partial charge in [0, 0.05) is 38.0 Å². The van der Waals surface area contributed by atoms with Crippen LogP contribution in [0.2, 0.25) is 0 Å². The summed E-state index contributed by atoms with van der Waals surface area (Å²) in [7, 11) is 0. The van der Waals surface area contributed by atoms with E-state index in [9.17, 15) is 18.0 Å². The summed E-state index contributed by atoms with van der Waals surface area (Å²) >= 11 is 0. The third kappa shape index (κ3) is 5.07. The Morgan fingerprint density at radius 3 is 2.70 bits per heavy atom. The van der Waals surface area contributed by atoms with Gasteiger partial charge in [-0.25, -0.2) is 4.98 Å². The van der Waals surface area contributed by atoms with Crippen molar-refractivity contribution in [1.29, 1.82) is 0 Å². The predicted molar refractivity (Wildman–Crippen MR) is 117 cm³/mol. The van der Waals surface area contributed by atoms with Crippen LogP contribution in [0.25, 0.3) is 0 Å². The zero-order valence-corrected chi connectivity index (χ0v) is 18.9. The molecule has 1 saturated heterocycles. The Morgan fingerprint density at radius 1 is 1.27 bits per heavy atom. The van der Waals surface area contributed by atoms with Crippen LogP contribution in [-0.2, 0) is 17.8 Å². The molecule has 11 heteroatoms. The van der Waals surface area contributed by atoms with Gasteiger partial charge in [0.2, 0.25) is 11.8 Å². The molecule has 2 aromatic rings. The molecule has 0 aliphatic carbocycles. The Kier molecular flexibility index (Phi) is 6.51. The molecular formula is C22H28F3N5O3. The van der Waals surface area contributed by atoms with Gasteiger partial charge in [0.25, 0.3) is 5.56 Å². The fourth-order valence-corrected chi connectivity index (χ4v) is 4.21. The van der Waals surface area contributed by atoms with Crippen LogP contribution >= 0.6 is 0 Å². The maximum Gasteiger partial charge on any atom is 0.408 e. The number of alkyl halides is 3. The molecule has 0 unspecified atom stereocenters. The molecule has 2 atom stereocenters. The molecule has 0 spiro atoms. The van der Waals surface area contributed by atoms with Gasteiger partial charge in [0.15, 0.2) is 0 Å². The summed E-state index contributed by atoms with van der Waals surface area (Å²) in [6.45, 7) is 6.98. The van der Waals surface area contributed by atoms with E-state index in [1.54, 1.807) is 12.1 Å². The largest absolute Gasteiger partial charge is 0.475 e. The highest BCUT2D eigenvalue weighted by Gasteiger charge is 2.47. The lowest BCUT2D eigenvalue weighted by Gasteiger charge is -2.40. The number of morpholine rings is 1. The van der Waals surface area contributed by atoms with Crippen LogP contribution in [0.15, 0.2) is 29.2 Å². The molecule has 0 amide bonds. The minimum absolute atomic E-state index is 0.0206. The van der Waals surface area contributed by atoms with Crippen molar-refractivity contribution in [1.82, 2.24) is 14.5 Å². The number of anilines is 2. The molecule has 4 rings (SSSR count). The van der Waals surface area contributed by atoms with Crippen molar-refractivity contribution >= 4 is 11.8 Å². The summed E-state index contributed by atoms with van der Waals surface area (Å²) in [4.78, 5) is 24.7. The molecule has 33 heavy (non-hydrogen) atoms. The third-order valence-corrected chi connectivity index (χ3v) is 5.78. The van der Waals surface area contributed by atoms with Gasteiger partial charge in [-0.2, -0.15) is 18.2 Å². The molecule has 2 aliphatic rings. The molecule has 0 radical (unpaired) electrons. The number of aromatic nitrogens is 3. The normalized spacial score (nSPS) is 21.3. The number of halogens is 3. The summed E-state index contributed by atoms with van der Waals surface area (Å²) < 4.78 is 54.3. The Bertz CT molecular complexity index is 1030. The number of hydrogen-bond acceptors (Lipinski definition) is 7. The monoisotopic (exact) mass is 467 g/mol. The molecule has 4 heterocycles. The summed E-state index contributed by atoms with van der Waals surface area (Å²) in [5, 5.41) is 0.